The summed E-state index contributed by atoms with van der Waals surface area (Å²) in [5.41, 5.74) is 2.72. The Hall–Kier alpha value is -3.25. The molecule has 3 aromatic carbocycles. The Balaban J connectivity index is 1.47. The van der Waals surface area contributed by atoms with E-state index in [4.69, 9.17) is 18.6 Å². The summed E-state index contributed by atoms with van der Waals surface area (Å²) in [4.78, 5) is 13.3. The van der Waals surface area contributed by atoms with Crippen molar-refractivity contribution in [3.63, 3.8) is 0 Å². The molecule has 0 N–H and O–H groups in total. The third-order valence-electron chi connectivity index (χ3n) is 5.19. The minimum absolute atomic E-state index is 0.0881. The number of fused-ring (bicyclic) bond motifs is 2. The molecule has 0 saturated heterocycles. The van der Waals surface area contributed by atoms with E-state index in [2.05, 4.69) is 15.9 Å². The summed E-state index contributed by atoms with van der Waals surface area (Å²) >= 11 is 3.43. The van der Waals surface area contributed by atoms with Crippen molar-refractivity contribution in [1.82, 2.24) is 0 Å². The van der Waals surface area contributed by atoms with Gasteiger partial charge in [0.15, 0.2) is 11.5 Å². The minimum Gasteiger partial charge on any atom is -0.489 e. The van der Waals surface area contributed by atoms with E-state index in [1.165, 1.54) is 0 Å². The summed E-state index contributed by atoms with van der Waals surface area (Å²) in [5, 5.41) is 0.506. The molecular weight excluding hydrogens is 460 g/mol. The highest BCUT2D eigenvalue weighted by atomic mass is 79.9. The van der Waals surface area contributed by atoms with Gasteiger partial charge in [-0.25, -0.2) is 0 Å². The minimum atomic E-state index is -0.0881. The molecular formula is C25H19BrO5. The van der Waals surface area contributed by atoms with Crippen LogP contribution in [0.5, 0.6) is 17.2 Å². The Labute approximate surface area is 187 Å². The summed E-state index contributed by atoms with van der Waals surface area (Å²) in [6.07, 6.45) is 0. The molecule has 1 aromatic heterocycles. The molecule has 6 heteroatoms. The zero-order valence-electron chi connectivity index (χ0n) is 16.8. The van der Waals surface area contributed by atoms with Gasteiger partial charge in [-0.1, -0.05) is 34.1 Å². The molecule has 0 fully saturated rings. The molecule has 0 unspecified atom stereocenters. The van der Waals surface area contributed by atoms with Crippen molar-refractivity contribution in [2.45, 2.75) is 13.5 Å². The lowest BCUT2D eigenvalue weighted by Gasteiger charge is -2.19. The Kier molecular flexibility index (Phi) is 5.16. The zero-order chi connectivity index (χ0) is 21.4. The lowest BCUT2D eigenvalue weighted by molar-refractivity contribution is 0.171. The molecule has 0 atom stereocenters. The molecule has 5 nitrogen and oxygen atoms in total. The van der Waals surface area contributed by atoms with Gasteiger partial charge in [0, 0.05) is 10.5 Å². The number of halogens is 1. The Bertz CT molecular complexity index is 1320. The molecule has 1 aliphatic rings. The SMILES string of the molecule is Cc1oc2cc(OCc3ccc(Br)cc3)ccc2c(=O)c1-c1ccc2c(c1)OCCO2. The highest BCUT2D eigenvalue weighted by Gasteiger charge is 2.18. The monoisotopic (exact) mass is 478 g/mol. The molecule has 0 spiro atoms. The van der Waals surface area contributed by atoms with Gasteiger partial charge in [0.1, 0.15) is 36.9 Å². The first-order chi connectivity index (χ1) is 15.1. The van der Waals surface area contributed by atoms with E-state index in [1.54, 1.807) is 25.1 Å². The summed E-state index contributed by atoms with van der Waals surface area (Å²) in [5.74, 6) is 2.51. The second kappa shape index (κ2) is 8.12. The first kappa shape index (κ1) is 19.7. The fourth-order valence-electron chi connectivity index (χ4n) is 3.66. The van der Waals surface area contributed by atoms with E-state index in [-0.39, 0.29) is 5.43 Å². The van der Waals surface area contributed by atoms with Gasteiger partial charge in [-0.05, 0) is 54.4 Å². The van der Waals surface area contributed by atoms with Gasteiger partial charge in [0.05, 0.1) is 10.9 Å². The van der Waals surface area contributed by atoms with Crippen LogP contribution < -0.4 is 19.6 Å². The average molecular weight is 479 g/mol. The molecule has 1 aliphatic heterocycles. The van der Waals surface area contributed by atoms with Crippen molar-refractivity contribution in [2.24, 2.45) is 0 Å². The maximum Gasteiger partial charge on any atom is 0.200 e. The Morgan fingerprint density at radius 3 is 2.52 bits per heavy atom. The van der Waals surface area contributed by atoms with Gasteiger partial charge in [-0.3, -0.25) is 4.79 Å². The van der Waals surface area contributed by atoms with Crippen LogP contribution in [0.2, 0.25) is 0 Å². The van der Waals surface area contributed by atoms with E-state index < -0.39 is 0 Å². The Morgan fingerprint density at radius 2 is 1.71 bits per heavy atom. The van der Waals surface area contributed by atoms with Crippen molar-refractivity contribution < 1.29 is 18.6 Å². The molecule has 0 amide bonds. The topological polar surface area (TPSA) is 57.9 Å². The summed E-state index contributed by atoms with van der Waals surface area (Å²) in [6, 6.07) is 18.7. The van der Waals surface area contributed by atoms with E-state index >= 15 is 0 Å². The van der Waals surface area contributed by atoms with Crippen molar-refractivity contribution in [3.05, 3.63) is 86.7 Å². The average Bonchev–Trinajstić information content (AvgIpc) is 2.78. The van der Waals surface area contributed by atoms with Crippen LogP contribution in [-0.2, 0) is 6.61 Å². The number of hydrogen-bond acceptors (Lipinski definition) is 5. The highest BCUT2D eigenvalue weighted by molar-refractivity contribution is 9.10. The number of hydrogen-bond donors (Lipinski definition) is 0. The van der Waals surface area contributed by atoms with E-state index in [1.807, 2.05) is 42.5 Å². The van der Waals surface area contributed by atoms with Crippen LogP contribution in [0.3, 0.4) is 0 Å². The van der Waals surface area contributed by atoms with Gasteiger partial charge < -0.3 is 18.6 Å². The van der Waals surface area contributed by atoms with Gasteiger partial charge in [-0.15, -0.1) is 0 Å². The first-order valence-corrected chi connectivity index (χ1v) is 10.7. The second-order valence-corrected chi connectivity index (χ2v) is 8.21. The maximum atomic E-state index is 13.3. The van der Waals surface area contributed by atoms with Crippen LogP contribution in [0.4, 0.5) is 0 Å². The molecule has 156 valence electrons. The molecule has 31 heavy (non-hydrogen) atoms. The molecule has 0 saturated carbocycles. The third-order valence-corrected chi connectivity index (χ3v) is 5.72. The quantitative estimate of drug-likeness (QED) is 0.366. The van der Waals surface area contributed by atoms with Crippen LogP contribution >= 0.6 is 15.9 Å². The number of aryl methyl sites for hydroxylation is 1. The molecule has 0 aliphatic carbocycles. The predicted octanol–water partition coefficient (Wildman–Crippen LogP) is 5.88. The number of ether oxygens (including phenoxy) is 3. The Morgan fingerprint density at radius 1 is 0.935 bits per heavy atom. The normalized spacial score (nSPS) is 12.7. The van der Waals surface area contributed by atoms with Gasteiger partial charge in [0.25, 0.3) is 0 Å². The van der Waals surface area contributed by atoms with E-state index in [0.717, 1.165) is 15.6 Å². The van der Waals surface area contributed by atoms with Crippen molar-refractivity contribution in [3.8, 4) is 28.4 Å². The van der Waals surface area contributed by atoms with Crippen LogP contribution in [0.15, 0.2) is 74.3 Å². The van der Waals surface area contributed by atoms with Gasteiger partial charge in [0.2, 0.25) is 5.43 Å². The fraction of sp³-hybridized carbons (Fsp3) is 0.160. The molecule has 0 radical (unpaired) electrons. The van der Waals surface area contributed by atoms with E-state index in [0.29, 0.717) is 59.4 Å². The van der Waals surface area contributed by atoms with E-state index in [9.17, 15) is 4.79 Å². The van der Waals surface area contributed by atoms with Crippen molar-refractivity contribution in [2.75, 3.05) is 13.2 Å². The van der Waals surface area contributed by atoms with Gasteiger partial charge in [-0.2, -0.15) is 0 Å². The summed E-state index contributed by atoms with van der Waals surface area (Å²) in [7, 11) is 0. The van der Waals surface area contributed by atoms with Crippen molar-refractivity contribution in [1.29, 1.82) is 0 Å². The summed E-state index contributed by atoms with van der Waals surface area (Å²) < 4.78 is 24.2. The number of rotatable bonds is 4. The van der Waals surface area contributed by atoms with Crippen molar-refractivity contribution >= 4 is 26.9 Å². The highest BCUT2D eigenvalue weighted by Crippen LogP contribution is 2.35. The maximum absolute atomic E-state index is 13.3. The molecule has 4 aromatic rings. The third kappa shape index (κ3) is 3.91. The fourth-order valence-corrected chi connectivity index (χ4v) is 3.92. The van der Waals surface area contributed by atoms with Gasteiger partial charge >= 0.3 is 0 Å². The lowest BCUT2D eigenvalue weighted by Crippen LogP contribution is -2.15. The largest absolute Gasteiger partial charge is 0.489 e. The molecule has 2 heterocycles. The first-order valence-electron chi connectivity index (χ1n) is 9.93. The number of benzene rings is 3. The molecule has 0 bridgehead atoms. The molecule has 5 rings (SSSR count). The van der Waals surface area contributed by atoms with Crippen LogP contribution in [-0.4, -0.2) is 13.2 Å². The van der Waals surface area contributed by atoms with Crippen LogP contribution in [0.25, 0.3) is 22.1 Å². The standard InChI is InChI=1S/C25H19BrO5/c1-15-24(17-4-9-21-23(12-17)29-11-10-28-21)25(27)20-8-7-19(13-22(20)31-15)30-14-16-2-5-18(26)6-3-16/h2-9,12-13H,10-11,14H2,1H3. The summed E-state index contributed by atoms with van der Waals surface area (Å²) in [6.45, 7) is 3.24. The predicted molar refractivity (Wildman–Crippen MR) is 122 cm³/mol. The smallest absolute Gasteiger partial charge is 0.200 e. The second-order valence-electron chi connectivity index (χ2n) is 7.29. The van der Waals surface area contributed by atoms with Crippen LogP contribution in [0.1, 0.15) is 11.3 Å². The zero-order valence-corrected chi connectivity index (χ0v) is 18.4. The van der Waals surface area contributed by atoms with Crippen LogP contribution in [0, 0.1) is 6.92 Å². The lowest BCUT2D eigenvalue weighted by atomic mass is 10.0.